The number of aromatic nitrogens is 2. The highest BCUT2D eigenvalue weighted by molar-refractivity contribution is 5.72. The molecule has 32 heavy (non-hydrogen) atoms. The highest BCUT2D eigenvalue weighted by Crippen LogP contribution is 2.34. The summed E-state index contributed by atoms with van der Waals surface area (Å²) in [6.45, 7) is 2.82. The van der Waals surface area contributed by atoms with Crippen molar-refractivity contribution >= 4 is 0 Å². The van der Waals surface area contributed by atoms with Gasteiger partial charge in [-0.3, -0.25) is 9.69 Å². The highest BCUT2D eigenvalue weighted by Gasteiger charge is 2.26. The van der Waals surface area contributed by atoms with Crippen molar-refractivity contribution in [3.63, 3.8) is 0 Å². The first-order valence-electron chi connectivity index (χ1n) is 10.9. The Morgan fingerprint density at radius 3 is 2.66 bits per heavy atom. The standard InChI is InChI=1S/C25H29FN4O2/c1-28(2)17-19-10-8-14-30(19)16-18-9-4-5-11-20(18)21-15-27-29(3)25(31)24(21)32-23-13-7-6-12-22(23)26/h4-7,9,11-13,15,19H,8,10,14,16-17H2,1-3H3. The van der Waals surface area contributed by atoms with Gasteiger partial charge in [-0.15, -0.1) is 0 Å². The summed E-state index contributed by atoms with van der Waals surface area (Å²) >= 11 is 0. The van der Waals surface area contributed by atoms with Crippen molar-refractivity contribution in [2.75, 3.05) is 27.2 Å². The average Bonchev–Trinajstić information content (AvgIpc) is 3.19. The fraction of sp³-hybridized carbons (Fsp3) is 0.360. The normalized spacial score (nSPS) is 16.6. The lowest BCUT2D eigenvalue weighted by Gasteiger charge is -2.28. The van der Waals surface area contributed by atoms with Crippen LogP contribution in [-0.2, 0) is 13.6 Å². The molecule has 1 aliphatic heterocycles. The summed E-state index contributed by atoms with van der Waals surface area (Å²) in [6.07, 6.45) is 3.98. The monoisotopic (exact) mass is 436 g/mol. The van der Waals surface area contributed by atoms with Crippen LogP contribution in [0.2, 0.25) is 0 Å². The van der Waals surface area contributed by atoms with Crippen LogP contribution < -0.4 is 10.3 Å². The zero-order chi connectivity index (χ0) is 22.7. The Balaban J connectivity index is 1.73. The summed E-state index contributed by atoms with van der Waals surface area (Å²) < 4.78 is 21.3. The second-order valence-electron chi connectivity index (χ2n) is 8.53. The molecule has 4 rings (SSSR count). The Morgan fingerprint density at radius 1 is 1.12 bits per heavy atom. The lowest BCUT2D eigenvalue weighted by atomic mass is 10.00. The van der Waals surface area contributed by atoms with Crippen molar-refractivity contribution in [2.45, 2.75) is 25.4 Å². The van der Waals surface area contributed by atoms with Crippen molar-refractivity contribution in [2.24, 2.45) is 7.05 Å². The minimum atomic E-state index is -0.519. The number of likely N-dealkylation sites (N-methyl/N-ethyl adjacent to an activating group) is 1. The Hall–Kier alpha value is -3.03. The molecule has 0 amide bonds. The molecule has 0 bridgehead atoms. The number of rotatable bonds is 7. The molecule has 0 N–H and O–H groups in total. The summed E-state index contributed by atoms with van der Waals surface area (Å²) in [4.78, 5) is 17.7. The maximum Gasteiger partial charge on any atom is 0.310 e. The second kappa shape index (κ2) is 9.63. The molecule has 6 nitrogen and oxygen atoms in total. The molecule has 1 unspecified atom stereocenters. The van der Waals surface area contributed by atoms with E-state index < -0.39 is 11.4 Å². The number of hydrogen-bond acceptors (Lipinski definition) is 5. The minimum absolute atomic E-state index is 0.0140. The number of likely N-dealkylation sites (tertiary alicyclic amines) is 1. The summed E-state index contributed by atoms with van der Waals surface area (Å²) in [5.41, 5.74) is 2.12. The molecule has 7 heteroatoms. The Morgan fingerprint density at radius 2 is 1.88 bits per heavy atom. The van der Waals surface area contributed by atoms with Gasteiger partial charge in [-0.1, -0.05) is 36.4 Å². The predicted octanol–water partition coefficient (Wildman–Crippen LogP) is 3.90. The molecule has 0 aliphatic carbocycles. The van der Waals surface area contributed by atoms with Gasteiger partial charge in [0.25, 0.3) is 0 Å². The number of benzene rings is 2. The highest BCUT2D eigenvalue weighted by atomic mass is 19.1. The quantitative estimate of drug-likeness (QED) is 0.562. The van der Waals surface area contributed by atoms with Crippen LogP contribution in [0.4, 0.5) is 4.39 Å². The number of halogens is 1. The third kappa shape index (κ3) is 4.74. The maximum atomic E-state index is 14.3. The van der Waals surface area contributed by atoms with E-state index in [1.54, 1.807) is 25.4 Å². The van der Waals surface area contributed by atoms with E-state index in [4.69, 9.17) is 4.74 Å². The van der Waals surface area contributed by atoms with Gasteiger partial charge in [0, 0.05) is 26.2 Å². The van der Waals surface area contributed by atoms with Gasteiger partial charge in [0.2, 0.25) is 5.75 Å². The number of nitrogens with zero attached hydrogens (tertiary/aromatic N) is 4. The van der Waals surface area contributed by atoms with Crippen LogP contribution in [0.5, 0.6) is 11.5 Å². The number of hydrogen-bond donors (Lipinski definition) is 0. The third-order valence-electron chi connectivity index (χ3n) is 5.90. The Kier molecular flexibility index (Phi) is 6.67. The Labute approximate surface area is 187 Å². The maximum absolute atomic E-state index is 14.3. The van der Waals surface area contributed by atoms with Crippen LogP contribution in [-0.4, -0.2) is 52.8 Å². The number of para-hydroxylation sites is 1. The van der Waals surface area contributed by atoms with E-state index in [9.17, 15) is 9.18 Å². The predicted molar refractivity (Wildman–Crippen MR) is 123 cm³/mol. The van der Waals surface area contributed by atoms with Crippen LogP contribution in [0, 0.1) is 5.82 Å². The van der Waals surface area contributed by atoms with Crippen LogP contribution in [0.1, 0.15) is 18.4 Å². The molecule has 2 aromatic carbocycles. The summed E-state index contributed by atoms with van der Waals surface area (Å²) in [6, 6.07) is 14.6. The smallest absolute Gasteiger partial charge is 0.310 e. The minimum Gasteiger partial charge on any atom is -0.448 e. The average molecular weight is 437 g/mol. The number of aryl methyl sites for hydroxylation is 1. The molecule has 3 aromatic rings. The van der Waals surface area contributed by atoms with Crippen molar-refractivity contribution in [1.29, 1.82) is 0 Å². The molecule has 168 valence electrons. The van der Waals surface area contributed by atoms with E-state index in [-0.39, 0.29) is 11.5 Å². The van der Waals surface area contributed by atoms with Crippen molar-refractivity contribution in [3.05, 3.63) is 76.5 Å². The fourth-order valence-electron chi connectivity index (χ4n) is 4.32. The van der Waals surface area contributed by atoms with Gasteiger partial charge >= 0.3 is 5.56 Å². The zero-order valence-corrected chi connectivity index (χ0v) is 18.8. The molecule has 2 heterocycles. The third-order valence-corrected chi connectivity index (χ3v) is 5.90. The van der Waals surface area contributed by atoms with Gasteiger partial charge in [0.05, 0.1) is 11.8 Å². The van der Waals surface area contributed by atoms with Gasteiger partial charge in [-0.2, -0.15) is 5.10 Å². The van der Waals surface area contributed by atoms with E-state index in [1.807, 2.05) is 18.2 Å². The van der Waals surface area contributed by atoms with Gasteiger partial charge in [-0.25, -0.2) is 9.07 Å². The summed E-state index contributed by atoms with van der Waals surface area (Å²) in [5.74, 6) is -0.430. The summed E-state index contributed by atoms with van der Waals surface area (Å²) in [7, 11) is 5.76. The molecule has 1 aliphatic rings. The van der Waals surface area contributed by atoms with E-state index in [0.29, 0.717) is 11.6 Å². The van der Waals surface area contributed by atoms with Gasteiger partial charge in [0.1, 0.15) is 0 Å². The van der Waals surface area contributed by atoms with E-state index >= 15 is 0 Å². The lowest BCUT2D eigenvalue weighted by molar-refractivity contribution is 0.201. The first-order valence-corrected chi connectivity index (χ1v) is 10.9. The van der Waals surface area contributed by atoms with Gasteiger partial charge in [0.15, 0.2) is 11.6 Å². The lowest BCUT2D eigenvalue weighted by Crippen LogP contribution is -2.37. The summed E-state index contributed by atoms with van der Waals surface area (Å²) in [5, 5.41) is 4.22. The zero-order valence-electron chi connectivity index (χ0n) is 18.8. The SMILES string of the molecule is CN(C)CC1CCCN1Cc1ccccc1-c1cnn(C)c(=O)c1Oc1ccccc1F. The molecule has 1 saturated heterocycles. The second-order valence-corrected chi connectivity index (χ2v) is 8.53. The fourth-order valence-corrected chi connectivity index (χ4v) is 4.32. The number of ether oxygens (including phenoxy) is 1. The topological polar surface area (TPSA) is 50.6 Å². The van der Waals surface area contributed by atoms with Crippen LogP contribution in [0.25, 0.3) is 11.1 Å². The Bertz CT molecular complexity index is 1140. The first kappa shape index (κ1) is 22.2. The molecule has 1 aromatic heterocycles. The first-order chi connectivity index (χ1) is 15.4. The van der Waals surface area contributed by atoms with E-state index in [1.165, 1.54) is 29.7 Å². The van der Waals surface area contributed by atoms with Crippen molar-refractivity contribution in [1.82, 2.24) is 19.6 Å². The van der Waals surface area contributed by atoms with Crippen LogP contribution in [0.15, 0.2) is 59.5 Å². The molecule has 0 spiro atoms. The molecular weight excluding hydrogens is 407 g/mol. The van der Waals surface area contributed by atoms with Gasteiger partial charge in [-0.05, 0) is 56.7 Å². The molecule has 1 fully saturated rings. The van der Waals surface area contributed by atoms with Crippen LogP contribution >= 0.6 is 0 Å². The van der Waals surface area contributed by atoms with Gasteiger partial charge < -0.3 is 9.64 Å². The molecule has 0 saturated carbocycles. The largest absolute Gasteiger partial charge is 0.448 e. The van der Waals surface area contributed by atoms with E-state index in [0.717, 1.165) is 30.8 Å². The van der Waals surface area contributed by atoms with Crippen molar-refractivity contribution < 1.29 is 9.13 Å². The molecular formula is C25H29FN4O2. The van der Waals surface area contributed by atoms with Crippen molar-refractivity contribution in [3.8, 4) is 22.6 Å². The van der Waals surface area contributed by atoms with E-state index in [2.05, 4.69) is 35.1 Å². The molecule has 1 atom stereocenters. The molecule has 0 radical (unpaired) electrons. The van der Waals surface area contributed by atoms with Crippen LogP contribution in [0.3, 0.4) is 0 Å².